The number of rotatable bonds is 10. The monoisotopic (exact) mass is 581 g/mol. The van der Waals surface area contributed by atoms with Crippen molar-refractivity contribution >= 4 is 38.7 Å². The van der Waals surface area contributed by atoms with Crippen LogP contribution < -0.4 is 16.1 Å². The predicted molar refractivity (Wildman–Crippen MR) is 153 cm³/mol. The Labute approximate surface area is 229 Å². The summed E-state index contributed by atoms with van der Waals surface area (Å²) >= 11 is 3.30. The summed E-state index contributed by atoms with van der Waals surface area (Å²) in [6.45, 7) is 5.92. The number of nitrogens with one attached hydrogen (secondary N) is 1. The van der Waals surface area contributed by atoms with Gasteiger partial charge in [-0.1, -0.05) is 13.8 Å². The number of anilines is 1. The molecule has 0 aliphatic carbocycles. The van der Waals surface area contributed by atoms with Gasteiger partial charge in [-0.15, -0.1) is 0 Å². The number of likely N-dealkylation sites (N-methyl/N-ethyl adjacent to an activating group) is 1. The maximum atomic E-state index is 13.3. The number of hydrogen-bond donors (Lipinski definition) is 1. The van der Waals surface area contributed by atoms with Crippen LogP contribution in [0.1, 0.15) is 37.0 Å². The molecule has 0 saturated carbocycles. The van der Waals surface area contributed by atoms with E-state index in [0.717, 1.165) is 12.0 Å². The van der Waals surface area contributed by atoms with Gasteiger partial charge in [-0.05, 0) is 73.2 Å². The van der Waals surface area contributed by atoms with E-state index in [1.165, 1.54) is 10.8 Å². The number of carbonyl (C=O) groups is 1. The maximum Gasteiger partial charge on any atom is 0.331 e. The SMILES string of the molecule is CCCn1c(=O)c2[nH]c(-c3ccc(N(CCN(C)C)C(=O)c4ccc(Br)nc4)nc3)cc2n(CCC)c1=O. The second-order valence-electron chi connectivity index (χ2n) is 9.37. The number of hydrogen-bond acceptors (Lipinski definition) is 6. The van der Waals surface area contributed by atoms with Crippen LogP contribution in [0.25, 0.3) is 22.3 Å². The van der Waals surface area contributed by atoms with Crippen LogP contribution in [-0.4, -0.2) is 62.1 Å². The number of halogens is 1. The highest BCUT2D eigenvalue weighted by Gasteiger charge is 2.20. The second-order valence-corrected chi connectivity index (χ2v) is 10.2. The van der Waals surface area contributed by atoms with Crippen molar-refractivity contribution in [3.8, 4) is 11.3 Å². The third-order valence-corrected chi connectivity index (χ3v) is 6.70. The lowest BCUT2D eigenvalue weighted by Crippen LogP contribution is -2.39. The minimum absolute atomic E-state index is 0.197. The van der Waals surface area contributed by atoms with Crippen molar-refractivity contribution < 1.29 is 4.79 Å². The molecule has 0 aliphatic heterocycles. The zero-order valence-electron chi connectivity index (χ0n) is 22.1. The summed E-state index contributed by atoms with van der Waals surface area (Å²) in [5.74, 6) is 0.311. The van der Waals surface area contributed by atoms with Gasteiger partial charge in [0.2, 0.25) is 0 Å². The number of nitrogens with zero attached hydrogens (tertiary/aromatic N) is 6. The Morgan fingerprint density at radius 1 is 0.974 bits per heavy atom. The highest BCUT2D eigenvalue weighted by Crippen LogP contribution is 2.24. The summed E-state index contributed by atoms with van der Waals surface area (Å²) < 4.78 is 3.60. The van der Waals surface area contributed by atoms with Gasteiger partial charge in [-0.2, -0.15) is 0 Å². The fourth-order valence-electron chi connectivity index (χ4n) is 4.29. The Bertz CT molecular complexity index is 1540. The van der Waals surface area contributed by atoms with E-state index in [1.54, 1.807) is 33.9 Å². The first-order chi connectivity index (χ1) is 18.2. The molecule has 38 heavy (non-hydrogen) atoms. The Morgan fingerprint density at radius 2 is 1.71 bits per heavy atom. The lowest BCUT2D eigenvalue weighted by molar-refractivity contribution is 0.0984. The Hall–Kier alpha value is -3.57. The van der Waals surface area contributed by atoms with Gasteiger partial charge in [0.15, 0.2) is 0 Å². The fraction of sp³-hybridized carbons (Fsp3) is 0.370. The van der Waals surface area contributed by atoms with Gasteiger partial charge in [-0.3, -0.25) is 23.6 Å². The highest BCUT2D eigenvalue weighted by molar-refractivity contribution is 9.10. The van der Waals surface area contributed by atoms with Crippen molar-refractivity contribution in [2.24, 2.45) is 0 Å². The van der Waals surface area contributed by atoms with Crippen molar-refractivity contribution in [3.05, 3.63) is 73.7 Å². The maximum absolute atomic E-state index is 13.3. The molecule has 4 heterocycles. The predicted octanol–water partition coefficient (Wildman–Crippen LogP) is 3.74. The molecule has 10 nitrogen and oxygen atoms in total. The molecule has 0 fully saturated rings. The Balaban J connectivity index is 1.72. The normalized spacial score (nSPS) is 11.4. The van der Waals surface area contributed by atoms with Crippen LogP contribution >= 0.6 is 15.9 Å². The van der Waals surface area contributed by atoms with Crippen LogP contribution in [0.3, 0.4) is 0 Å². The first-order valence-electron chi connectivity index (χ1n) is 12.7. The van der Waals surface area contributed by atoms with Crippen molar-refractivity contribution in [2.75, 3.05) is 32.1 Å². The number of aromatic nitrogens is 5. The van der Waals surface area contributed by atoms with E-state index in [4.69, 9.17) is 0 Å². The number of aryl methyl sites for hydroxylation is 1. The standard InChI is InChI=1S/C27H32BrN7O3/c1-5-11-33-21-15-20(31-24(21)26(37)35(12-6-2)27(33)38)18-8-10-23(30-16-18)34(14-13-32(3)4)25(36)19-7-9-22(28)29-17-19/h7-10,15-17,31H,5-6,11-14H2,1-4H3. The lowest BCUT2D eigenvalue weighted by Gasteiger charge is -2.23. The first-order valence-corrected chi connectivity index (χ1v) is 13.4. The van der Waals surface area contributed by atoms with Crippen molar-refractivity contribution in [1.29, 1.82) is 0 Å². The summed E-state index contributed by atoms with van der Waals surface area (Å²) in [6, 6.07) is 8.92. The van der Waals surface area contributed by atoms with E-state index < -0.39 is 0 Å². The molecule has 0 aromatic carbocycles. The quantitative estimate of drug-likeness (QED) is 0.286. The third kappa shape index (κ3) is 5.63. The number of H-pyrrole nitrogens is 1. The highest BCUT2D eigenvalue weighted by atomic mass is 79.9. The molecule has 1 amide bonds. The first kappa shape index (κ1) is 27.5. The molecule has 0 aliphatic rings. The molecule has 1 N–H and O–H groups in total. The van der Waals surface area contributed by atoms with Gasteiger partial charge in [-0.25, -0.2) is 14.8 Å². The smallest absolute Gasteiger partial charge is 0.331 e. The number of fused-ring (bicyclic) bond motifs is 1. The molecule has 0 unspecified atom stereocenters. The summed E-state index contributed by atoms with van der Waals surface area (Å²) in [5, 5.41) is 0. The van der Waals surface area contributed by atoms with Crippen LogP contribution in [0.2, 0.25) is 0 Å². The zero-order valence-corrected chi connectivity index (χ0v) is 23.7. The van der Waals surface area contributed by atoms with Crippen LogP contribution in [0.5, 0.6) is 0 Å². The van der Waals surface area contributed by atoms with Crippen molar-refractivity contribution in [1.82, 2.24) is 29.0 Å². The molecule has 200 valence electrons. The van der Waals surface area contributed by atoms with E-state index in [1.807, 2.05) is 45.0 Å². The molecule has 4 rings (SSSR count). The average Bonchev–Trinajstić information content (AvgIpc) is 3.35. The van der Waals surface area contributed by atoms with Gasteiger partial charge in [0.1, 0.15) is 15.9 Å². The average molecular weight is 583 g/mol. The molecule has 0 atom stereocenters. The zero-order chi connectivity index (χ0) is 27.4. The summed E-state index contributed by atoms with van der Waals surface area (Å²) in [4.78, 5) is 55.0. The topological polar surface area (TPSA) is 109 Å². The van der Waals surface area contributed by atoms with Crippen LogP contribution in [0, 0.1) is 0 Å². The summed E-state index contributed by atoms with van der Waals surface area (Å²) in [5.41, 5.74) is 2.26. The van der Waals surface area contributed by atoms with Crippen molar-refractivity contribution in [2.45, 2.75) is 39.8 Å². The summed E-state index contributed by atoms with van der Waals surface area (Å²) in [7, 11) is 3.89. The minimum atomic E-state index is -0.321. The van der Waals surface area contributed by atoms with Crippen molar-refractivity contribution in [3.63, 3.8) is 0 Å². The third-order valence-electron chi connectivity index (χ3n) is 6.23. The molecular formula is C27H32BrN7O3. The van der Waals surface area contributed by atoms with Gasteiger partial charge in [0.25, 0.3) is 11.5 Å². The number of carbonyl (C=O) groups excluding carboxylic acids is 1. The number of pyridine rings is 2. The van der Waals surface area contributed by atoms with E-state index in [2.05, 4.69) is 30.9 Å². The molecule has 0 bridgehead atoms. The van der Waals surface area contributed by atoms with E-state index in [0.29, 0.717) is 65.3 Å². The molecule has 0 saturated heterocycles. The molecule has 0 radical (unpaired) electrons. The van der Waals surface area contributed by atoms with Crippen LogP contribution in [0.15, 0.2) is 56.9 Å². The van der Waals surface area contributed by atoms with E-state index in [-0.39, 0.29) is 17.2 Å². The van der Waals surface area contributed by atoms with Gasteiger partial charge < -0.3 is 9.88 Å². The van der Waals surface area contributed by atoms with Gasteiger partial charge >= 0.3 is 5.69 Å². The second kappa shape index (κ2) is 11.9. The number of amides is 1. The van der Waals surface area contributed by atoms with Crippen LogP contribution in [-0.2, 0) is 13.1 Å². The molecule has 4 aromatic heterocycles. The molecule has 11 heteroatoms. The Kier molecular flexibility index (Phi) is 8.58. The van der Waals surface area contributed by atoms with E-state index in [9.17, 15) is 14.4 Å². The summed E-state index contributed by atoms with van der Waals surface area (Å²) in [6.07, 6.45) is 4.66. The largest absolute Gasteiger partial charge is 0.349 e. The van der Waals surface area contributed by atoms with Gasteiger partial charge in [0, 0.05) is 49.8 Å². The minimum Gasteiger partial charge on any atom is -0.349 e. The number of aromatic amines is 1. The van der Waals surface area contributed by atoms with E-state index >= 15 is 0 Å². The molecule has 0 spiro atoms. The molecular weight excluding hydrogens is 550 g/mol. The fourth-order valence-corrected chi connectivity index (χ4v) is 4.52. The Morgan fingerprint density at radius 3 is 2.32 bits per heavy atom. The molecule has 4 aromatic rings. The lowest BCUT2D eigenvalue weighted by atomic mass is 10.2. The van der Waals surface area contributed by atoms with Gasteiger partial charge in [0.05, 0.1) is 11.1 Å². The van der Waals surface area contributed by atoms with Crippen LogP contribution in [0.4, 0.5) is 5.82 Å².